The second-order valence-electron chi connectivity index (χ2n) is 4.78. The zero-order valence-electron chi connectivity index (χ0n) is 11.4. The lowest BCUT2D eigenvalue weighted by Gasteiger charge is -2.02. The van der Waals surface area contributed by atoms with Crippen molar-refractivity contribution in [2.75, 3.05) is 5.75 Å². The van der Waals surface area contributed by atoms with Crippen molar-refractivity contribution < 1.29 is 18.5 Å². The summed E-state index contributed by atoms with van der Waals surface area (Å²) in [6.45, 7) is 2.12. The van der Waals surface area contributed by atoms with Crippen LogP contribution in [-0.2, 0) is 16.6 Å². The number of hydrogen-bond donors (Lipinski definition) is 1. The molecule has 0 radical (unpaired) electrons. The van der Waals surface area contributed by atoms with Gasteiger partial charge >= 0.3 is 5.97 Å². The van der Waals surface area contributed by atoms with Crippen LogP contribution in [0.25, 0.3) is 11.0 Å². The third kappa shape index (κ3) is 3.70. The van der Waals surface area contributed by atoms with Crippen molar-refractivity contribution in [1.29, 1.82) is 0 Å². The molecule has 5 heteroatoms. The number of unbranched alkanes of at least 4 members (excludes halogenated alkanes) is 2. The van der Waals surface area contributed by atoms with Gasteiger partial charge in [-0.2, -0.15) is 0 Å². The second kappa shape index (κ2) is 6.70. The number of benzene rings is 1. The zero-order chi connectivity index (χ0) is 14.5. The molecule has 0 aliphatic rings. The zero-order valence-corrected chi connectivity index (χ0v) is 12.2. The summed E-state index contributed by atoms with van der Waals surface area (Å²) in [5.41, 5.74) is 1.49. The smallest absolute Gasteiger partial charge is 0.371 e. The van der Waals surface area contributed by atoms with Gasteiger partial charge in [0.25, 0.3) is 0 Å². The molecule has 0 saturated heterocycles. The van der Waals surface area contributed by atoms with Crippen LogP contribution in [0.4, 0.5) is 0 Å². The summed E-state index contributed by atoms with van der Waals surface area (Å²) in [6, 6.07) is 6.93. The van der Waals surface area contributed by atoms with Crippen LogP contribution in [0.15, 0.2) is 28.7 Å². The minimum atomic E-state index is -1.08. The van der Waals surface area contributed by atoms with E-state index in [1.165, 1.54) is 6.07 Å². The van der Waals surface area contributed by atoms with Crippen molar-refractivity contribution >= 4 is 27.7 Å². The molecular formula is C15H18O4S. The van der Waals surface area contributed by atoms with Gasteiger partial charge in [0.1, 0.15) is 5.58 Å². The summed E-state index contributed by atoms with van der Waals surface area (Å²) in [7, 11) is -0.864. The predicted molar refractivity (Wildman–Crippen MR) is 79.4 cm³/mol. The highest BCUT2D eigenvalue weighted by Gasteiger charge is 2.11. The first-order valence-electron chi connectivity index (χ1n) is 6.71. The third-order valence-corrected chi connectivity index (χ3v) is 4.49. The first kappa shape index (κ1) is 14.8. The highest BCUT2D eigenvalue weighted by molar-refractivity contribution is 7.84. The normalized spacial score (nSPS) is 12.7. The summed E-state index contributed by atoms with van der Waals surface area (Å²) >= 11 is 0. The molecule has 1 N–H and O–H groups in total. The Kier molecular flexibility index (Phi) is 4.95. The van der Waals surface area contributed by atoms with Crippen LogP contribution in [0.5, 0.6) is 0 Å². The molecular weight excluding hydrogens is 276 g/mol. The van der Waals surface area contributed by atoms with Crippen LogP contribution in [0.3, 0.4) is 0 Å². The minimum Gasteiger partial charge on any atom is -0.475 e. The molecule has 0 aliphatic carbocycles. The monoisotopic (exact) mass is 294 g/mol. The van der Waals surface area contributed by atoms with Gasteiger partial charge in [0.15, 0.2) is 0 Å². The van der Waals surface area contributed by atoms with Crippen LogP contribution in [-0.4, -0.2) is 21.0 Å². The highest BCUT2D eigenvalue weighted by atomic mass is 32.2. The van der Waals surface area contributed by atoms with Gasteiger partial charge in [-0.3, -0.25) is 4.21 Å². The van der Waals surface area contributed by atoms with E-state index in [-0.39, 0.29) is 5.76 Å². The average Bonchev–Trinajstić information content (AvgIpc) is 2.82. The lowest BCUT2D eigenvalue weighted by molar-refractivity contribution is 0.0665. The Labute approximate surface area is 120 Å². The molecule has 0 bridgehead atoms. The first-order valence-corrected chi connectivity index (χ1v) is 8.19. The number of furan rings is 1. The Hall–Kier alpha value is -1.62. The Balaban J connectivity index is 2.07. The van der Waals surface area contributed by atoms with Gasteiger partial charge in [0.2, 0.25) is 5.76 Å². The summed E-state index contributed by atoms with van der Waals surface area (Å²) in [5, 5.41) is 9.62. The second-order valence-corrected chi connectivity index (χ2v) is 6.36. The molecule has 2 rings (SSSR count). The molecule has 1 aromatic heterocycles. The number of aromatic carboxylic acids is 1. The van der Waals surface area contributed by atoms with E-state index in [0.717, 1.165) is 36.0 Å². The van der Waals surface area contributed by atoms with E-state index in [2.05, 4.69) is 6.92 Å². The van der Waals surface area contributed by atoms with Crippen molar-refractivity contribution in [1.82, 2.24) is 0 Å². The summed E-state index contributed by atoms with van der Waals surface area (Å²) in [4.78, 5) is 10.8. The summed E-state index contributed by atoms with van der Waals surface area (Å²) < 4.78 is 17.1. The molecule has 0 spiro atoms. The average molecular weight is 294 g/mol. The van der Waals surface area contributed by atoms with E-state index in [1.54, 1.807) is 6.07 Å². The lowest BCUT2D eigenvalue weighted by atomic mass is 10.2. The van der Waals surface area contributed by atoms with Crippen LogP contribution in [0.1, 0.15) is 42.3 Å². The number of rotatable bonds is 7. The van der Waals surface area contributed by atoms with Crippen molar-refractivity contribution in [2.45, 2.75) is 31.9 Å². The maximum absolute atomic E-state index is 11.9. The fourth-order valence-electron chi connectivity index (χ4n) is 2.06. The minimum absolute atomic E-state index is 0.0683. The molecule has 1 atom stereocenters. The molecule has 0 fully saturated rings. The predicted octanol–water partition coefficient (Wildman–Crippen LogP) is 3.57. The molecule has 1 heterocycles. The van der Waals surface area contributed by atoms with Crippen molar-refractivity contribution in [3.05, 3.63) is 35.6 Å². The first-order chi connectivity index (χ1) is 9.60. The highest BCUT2D eigenvalue weighted by Crippen LogP contribution is 2.21. The molecule has 20 heavy (non-hydrogen) atoms. The summed E-state index contributed by atoms with van der Waals surface area (Å²) in [6.07, 6.45) is 3.21. The molecule has 1 unspecified atom stereocenters. The lowest BCUT2D eigenvalue weighted by Crippen LogP contribution is -2.00. The Morgan fingerprint density at radius 2 is 2.10 bits per heavy atom. The number of fused-ring (bicyclic) bond motifs is 1. The van der Waals surface area contributed by atoms with Crippen molar-refractivity contribution in [2.24, 2.45) is 0 Å². The van der Waals surface area contributed by atoms with Gasteiger partial charge in [-0.25, -0.2) is 4.79 Å². The van der Waals surface area contributed by atoms with E-state index < -0.39 is 16.8 Å². The molecule has 0 amide bonds. The van der Waals surface area contributed by atoms with Gasteiger partial charge in [-0.1, -0.05) is 25.8 Å². The van der Waals surface area contributed by atoms with E-state index >= 15 is 0 Å². The molecule has 4 nitrogen and oxygen atoms in total. The quantitative estimate of drug-likeness (QED) is 0.793. The third-order valence-electron chi connectivity index (χ3n) is 3.09. The van der Waals surface area contributed by atoms with E-state index in [0.29, 0.717) is 11.3 Å². The molecule has 1 aromatic carbocycles. The number of hydrogen-bond acceptors (Lipinski definition) is 3. The van der Waals surface area contributed by atoms with E-state index in [9.17, 15) is 9.00 Å². The van der Waals surface area contributed by atoms with Gasteiger partial charge in [-0.05, 0) is 30.2 Å². The van der Waals surface area contributed by atoms with Crippen LogP contribution < -0.4 is 0 Å². The Bertz CT molecular complexity index is 630. The SMILES string of the molecule is CCCCCS(=O)Cc1ccc2oc(C(=O)O)cc2c1. The van der Waals surface area contributed by atoms with E-state index in [1.807, 2.05) is 12.1 Å². The maximum atomic E-state index is 11.9. The van der Waals surface area contributed by atoms with Gasteiger partial charge in [-0.15, -0.1) is 0 Å². The fraction of sp³-hybridized carbons (Fsp3) is 0.400. The van der Waals surface area contributed by atoms with E-state index in [4.69, 9.17) is 9.52 Å². The standard InChI is InChI=1S/C15H18O4S/c1-2-3-4-7-20(18)10-11-5-6-13-12(8-11)9-14(19-13)15(16)17/h5-6,8-9H,2-4,7,10H2,1H3,(H,16,17). The van der Waals surface area contributed by atoms with Crippen LogP contribution in [0, 0.1) is 0 Å². The Morgan fingerprint density at radius 1 is 1.30 bits per heavy atom. The molecule has 0 saturated carbocycles. The number of carboxylic acids is 1. The van der Waals surface area contributed by atoms with Crippen molar-refractivity contribution in [3.8, 4) is 0 Å². The molecule has 108 valence electrons. The fourth-order valence-corrected chi connectivity index (χ4v) is 3.28. The molecule has 2 aromatic rings. The summed E-state index contributed by atoms with van der Waals surface area (Å²) in [5.74, 6) is 0.0809. The number of carbonyl (C=O) groups is 1. The maximum Gasteiger partial charge on any atom is 0.371 e. The van der Waals surface area contributed by atoms with Gasteiger partial charge in [0.05, 0.1) is 0 Å². The number of carboxylic acid groups (broad SMARTS) is 1. The van der Waals surface area contributed by atoms with Crippen LogP contribution >= 0.6 is 0 Å². The Morgan fingerprint density at radius 3 is 2.80 bits per heavy atom. The van der Waals surface area contributed by atoms with Gasteiger partial charge in [0, 0.05) is 27.7 Å². The largest absolute Gasteiger partial charge is 0.475 e. The molecule has 0 aliphatic heterocycles. The van der Waals surface area contributed by atoms with Crippen LogP contribution in [0.2, 0.25) is 0 Å². The van der Waals surface area contributed by atoms with Crippen molar-refractivity contribution in [3.63, 3.8) is 0 Å². The topological polar surface area (TPSA) is 67.5 Å². The van der Waals surface area contributed by atoms with Gasteiger partial charge < -0.3 is 9.52 Å².